The minimum absolute atomic E-state index is 0.306. The summed E-state index contributed by atoms with van der Waals surface area (Å²) in [7, 11) is 0. The van der Waals surface area contributed by atoms with Crippen LogP contribution in [0.2, 0.25) is 0 Å². The van der Waals surface area contributed by atoms with Crippen LogP contribution in [0, 0.1) is 5.92 Å². The van der Waals surface area contributed by atoms with Crippen molar-refractivity contribution in [3.8, 4) is 0 Å². The molecule has 0 spiro atoms. The lowest BCUT2D eigenvalue weighted by molar-refractivity contribution is -0.139. The molecule has 0 amide bonds. The number of piperidine rings is 1. The topological polar surface area (TPSA) is 40.5 Å². The van der Waals surface area contributed by atoms with E-state index in [1.54, 1.807) is 0 Å². The van der Waals surface area contributed by atoms with Crippen molar-refractivity contribution in [2.24, 2.45) is 5.92 Å². The van der Waals surface area contributed by atoms with E-state index in [0.29, 0.717) is 18.4 Å². The van der Waals surface area contributed by atoms with Crippen LogP contribution in [0.1, 0.15) is 64.2 Å². The Morgan fingerprint density at radius 2 is 1.56 bits per heavy atom. The van der Waals surface area contributed by atoms with Crippen molar-refractivity contribution in [3.63, 3.8) is 0 Å². The first-order valence-electron chi connectivity index (χ1n) is 7.73. The molecular weight excluding hydrogens is 226 g/mol. The van der Waals surface area contributed by atoms with Gasteiger partial charge >= 0.3 is 5.97 Å². The highest BCUT2D eigenvalue weighted by molar-refractivity contribution is 5.67. The normalized spacial score (nSPS) is 25.6. The summed E-state index contributed by atoms with van der Waals surface area (Å²) in [5.74, 6) is 0.0107. The number of hydrogen-bond acceptors (Lipinski definition) is 2. The smallest absolute Gasteiger partial charge is 0.304 e. The number of carboxylic acid groups (broad SMARTS) is 1. The van der Waals surface area contributed by atoms with Gasteiger partial charge in [-0.2, -0.15) is 0 Å². The standard InChI is InChI=1S/C15H27NO2/c17-15(18)12-14(16-10-6-3-7-11-16)13-8-4-1-2-5-9-13/h13-14H,1-12H2,(H,17,18). The quantitative estimate of drug-likeness (QED) is 0.782. The number of nitrogens with zero attached hydrogens (tertiary/aromatic N) is 1. The first-order chi connectivity index (χ1) is 8.77. The fourth-order valence-electron chi connectivity index (χ4n) is 3.72. The molecule has 0 aromatic heterocycles. The Morgan fingerprint density at radius 1 is 1.00 bits per heavy atom. The van der Waals surface area contributed by atoms with Crippen molar-refractivity contribution >= 4 is 5.97 Å². The molecule has 2 fully saturated rings. The third kappa shape index (κ3) is 3.98. The number of carboxylic acids is 1. The van der Waals surface area contributed by atoms with Gasteiger partial charge in [-0.3, -0.25) is 9.69 Å². The van der Waals surface area contributed by atoms with Gasteiger partial charge in [-0.25, -0.2) is 0 Å². The van der Waals surface area contributed by atoms with Crippen molar-refractivity contribution in [1.29, 1.82) is 0 Å². The predicted octanol–water partition coefficient (Wildman–Crippen LogP) is 3.29. The molecule has 1 unspecified atom stereocenters. The highest BCUT2D eigenvalue weighted by atomic mass is 16.4. The van der Waals surface area contributed by atoms with Gasteiger partial charge in [0.05, 0.1) is 6.42 Å². The molecule has 0 aromatic rings. The van der Waals surface area contributed by atoms with Crippen LogP contribution >= 0.6 is 0 Å². The van der Waals surface area contributed by atoms with Crippen molar-refractivity contribution in [2.75, 3.05) is 13.1 Å². The van der Waals surface area contributed by atoms with Crippen molar-refractivity contribution in [2.45, 2.75) is 70.3 Å². The monoisotopic (exact) mass is 253 g/mol. The fraction of sp³-hybridized carbons (Fsp3) is 0.933. The van der Waals surface area contributed by atoms with E-state index in [-0.39, 0.29) is 0 Å². The molecule has 1 aliphatic heterocycles. The van der Waals surface area contributed by atoms with E-state index in [1.807, 2.05) is 0 Å². The highest BCUT2D eigenvalue weighted by Gasteiger charge is 2.30. The fourth-order valence-corrected chi connectivity index (χ4v) is 3.72. The lowest BCUT2D eigenvalue weighted by Gasteiger charge is -2.38. The summed E-state index contributed by atoms with van der Waals surface area (Å²) in [5.41, 5.74) is 0. The summed E-state index contributed by atoms with van der Waals surface area (Å²) in [5, 5.41) is 9.19. The lowest BCUT2D eigenvalue weighted by Crippen LogP contribution is -2.44. The minimum atomic E-state index is -0.616. The Morgan fingerprint density at radius 3 is 2.11 bits per heavy atom. The summed E-state index contributed by atoms with van der Waals surface area (Å²) in [6.45, 7) is 2.24. The summed E-state index contributed by atoms with van der Waals surface area (Å²) >= 11 is 0. The number of rotatable bonds is 4. The molecule has 1 N–H and O–H groups in total. The van der Waals surface area contributed by atoms with E-state index in [1.165, 1.54) is 57.8 Å². The zero-order chi connectivity index (χ0) is 12.8. The SMILES string of the molecule is O=C(O)CC(C1CCCCCC1)N1CCCCC1. The summed E-state index contributed by atoms with van der Waals surface area (Å²) in [6, 6.07) is 0.306. The molecule has 2 aliphatic rings. The maximum Gasteiger partial charge on any atom is 0.304 e. The number of hydrogen-bond donors (Lipinski definition) is 1. The summed E-state index contributed by atoms with van der Waals surface area (Å²) in [6.07, 6.45) is 12.0. The van der Waals surface area contributed by atoms with Crippen molar-refractivity contribution in [3.05, 3.63) is 0 Å². The average Bonchev–Trinajstić information content (AvgIpc) is 2.65. The van der Waals surface area contributed by atoms with Crippen LogP contribution < -0.4 is 0 Å². The second kappa shape index (κ2) is 7.13. The zero-order valence-corrected chi connectivity index (χ0v) is 11.4. The molecule has 1 heterocycles. The molecule has 1 aliphatic carbocycles. The van der Waals surface area contributed by atoms with Gasteiger partial charge in [0, 0.05) is 6.04 Å². The van der Waals surface area contributed by atoms with Crippen molar-refractivity contribution < 1.29 is 9.90 Å². The third-order valence-corrected chi connectivity index (χ3v) is 4.69. The van der Waals surface area contributed by atoms with E-state index in [4.69, 9.17) is 0 Å². The molecule has 3 heteroatoms. The van der Waals surface area contributed by atoms with Crippen LogP contribution in [0.15, 0.2) is 0 Å². The lowest BCUT2D eigenvalue weighted by atomic mass is 9.87. The van der Waals surface area contributed by atoms with Crippen LogP contribution in [-0.2, 0) is 4.79 Å². The largest absolute Gasteiger partial charge is 0.481 e. The predicted molar refractivity (Wildman–Crippen MR) is 72.7 cm³/mol. The Labute approximate surface area is 111 Å². The number of likely N-dealkylation sites (tertiary alicyclic amines) is 1. The molecule has 0 bridgehead atoms. The first-order valence-corrected chi connectivity index (χ1v) is 7.73. The molecule has 0 radical (unpaired) electrons. The molecule has 18 heavy (non-hydrogen) atoms. The van der Waals surface area contributed by atoms with Gasteiger partial charge in [0.2, 0.25) is 0 Å². The Bertz CT molecular complexity index is 253. The molecule has 1 saturated heterocycles. The van der Waals surface area contributed by atoms with E-state index in [9.17, 15) is 9.90 Å². The maximum atomic E-state index is 11.2. The second-order valence-electron chi connectivity index (χ2n) is 6.01. The van der Waals surface area contributed by atoms with Crippen LogP contribution in [0.3, 0.4) is 0 Å². The van der Waals surface area contributed by atoms with Crippen LogP contribution in [0.25, 0.3) is 0 Å². The first kappa shape index (κ1) is 13.9. The number of carbonyl (C=O) groups is 1. The van der Waals surface area contributed by atoms with Gasteiger partial charge in [-0.05, 0) is 44.7 Å². The van der Waals surface area contributed by atoms with Crippen LogP contribution in [0.5, 0.6) is 0 Å². The van der Waals surface area contributed by atoms with Gasteiger partial charge in [-0.1, -0.05) is 32.1 Å². The Hall–Kier alpha value is -0.570. The molecule has 3 nitrogen and oxygen atoms in total. The van der Waals surface area contributed by atoms with Crippen molar-refractivity contribution in [1.82, 2.24) is 4.90 Å². The van der Waals surface area contributed by atoms with Gasteiger partial charge in [0.25, 0.3) is 0 Å². The average molecular weight is 253 g/mol. The van der Waals surface area contributed by atoms with Gasteiger partial charge in [-0.15, -0.1) is 0 Å². The molecule has 1 atom stereocenters. The second-order valence-corrected chi connectivity index (χ2v) is 6.01. The molecule has 1 saturated carbocycles. The van der Waals surface area contributed by atoms with E-state index in [0.717, 1.165) is 13.1 Å². The van der Waals surface area contributed by atoms with Crippen LogP contribution in [-0.4, -0.2) is 35.1 Å². The van der Waals surface area contributed by atoms with Gasteiger partial charge < -0.3 is 5.11 Å². The minimum Gasteiger partial charge on any atom is -0.481 e. The van der Waals surface area contributed by atoms with Gasteiger partial charge in [0.1, 0.15) is 0 Å². The molecule has 104 valence electrons. The van der Waals surface area contributed by atoms with E-state index in [2.05, 4.69) is 4.90 Å². The Kier molecular flexibility index (Phi) is 5.48. The molecule has 2 rings (SSSR count). The van der Waals surface area contributed by atoms with Gasteiger partial charge in [0.15, 0.2) is 0 Å². The van der Waals surface area contributed by atoms with E-state index < -0.39 is 5.97 Å². The maximum absolute atomic E-state index is 11.2. The zero-order valence-electron chi connectivity index (χ0n) is 11.4. The summed E-state index contributed by atoms with van der Waals surface area (Å²) < 4.78 is 0. The molecule has 0 aromatic carbocycles. The summed E-state index contributed by atoms with van der Waals surface area (Å²) in [4.78, 5) is 13.6. The molecular formula is C15H27NO2. The highest BCUT2D eigenvalue weighted by Crippen LogP contribution is 2.31. The third-order valence-electron chi connectivity index (χ3n) is 4.69. The number of aliphatic carboxylic acids is 1. The Balaban J connectivity index is 1.99. The van der Waals surface area contributed by atoms with E-state index >= 15 is 0 Å². The van der Waals surface area contributed by atoms with Crippen LogP contribution in [0.4, 0.5) is 0 Å².